The summed E-state index contributed by atoms with van der Waals surface area (Å²) >= 11 is 0. The van der Waals surface area contributed by atoms with Gasteiger partial charge in [0.25, 0.3) is 0 Å². The molecule has 6 nitrogen and oxygen atoms in total. The Morgan fingerprint density at radius 2 is 1.27 bits per heavy atom. The normalized spacial score (nSPS) is 29.4. The zero-order chi connectivity index (χ0) is 26.3. The van der Waals surface area contributed by atoms with Gasteiger partial charge in [0, 0.05) is 51.1 Å². The zero-order valence-corrected chi connectivity index (χ0v) is 24.6. The summed E-state index contributed by atoms with van der Waals surface area (Å²) in [5.41, 5.74) is 5.24. The minimum absolute atomic E-state index is 0. The minimum atomic E-state index is 0. The standard InChI is InChI=1S/C17H23NO2.C16H21NO2.ClH/c1-19-16-4-2-3-13-9-15-17(10-14(13)16)20-8-7-18(15)11-12-5-6-12;18-15-3-1-2-12-8-14-16(9-13(12)15)19-7-6-17(14)10-11-4-5-11;/h2-4,12,15,17H,5-11H2,1H3;1-3,11,14,16,18H,4-10H2;1H/t15-,17-;14-,16-;/m00./s1. The number of methoxy groups -OCH3 is 1. The Bertz CT molecular complexity index is 1170. The molecule has 2 saturated carbocycles. The van der Waals surface area contributed by atoms with Crippen molar-refractivity contribution < 1.29 is 19.3 Å². The van der Waals surface area contributed by atoms with Gasteiger partial charge in [-0.2, -0.15) is 0 Å². The van der Waals surface area contributed by atoms with E-state index >= 15 is 0 Å². The van der Waals surface area contributed by atoms with E-state index in [4.69, 9.17) is 14.2 Å². The number of phenolic OH excluding ortho intramolecular Hbond substituents is 1. The Labute approximate surface area is 245 Å². The van der Waals surface area contributed by atoms with Crippen LogP contribution < -0.4 is 4.74 Å². The summed E-state index contributed by atoms with van der Waals surface area (Å²) in [5, 5.41) is 10.00. The third-order valence-electron chi connectivity index (χ3n) is 9.96. The molecule has 0 unspecified atom stereocenters. The van der Waals surface area contributed by atoms with Crippen LogP contribution in [-0.4, -0.2) is 85.7 Å². The molecule has 4 atom stereocenters. The average molecular weight is 569 g/mol. The number of aromatic hydroxyl groups is 1. The van der Waals surface area contributed by atoms with Gasteiger partial charge in [-0.3, -0.25) is 9.80 Å². The van der Waals surface area contributed by atoms with Crippen LogP contribution in [0.25, 0.3) is 0 Å². The topological polar surface area (TPSA) is 54.4 Å². The van der Waals surface area contributed by atoms with E-state index in [1.807, 2.05) is 6.07 Å². The Hall–Kier alpha value is -1.83. The Morgan fingerprint density at radius 3 is 1.82 bits per heavy atom. The number of phenols is 1. The van der Waals surface area contributed by atoms with Crippen LogP contribution >= 0.6 is 12.4 Å². The van der Waals surface area contributed by atoms with E-state index in [-0.39, 0.29) is 18.5 Å². The van der Waals surface area contributed by atoms with Crippen molar-refractivity contribution in [2.24, 2.45) is 11.8 Å². The average Bonchev–Trinajstić information content (AvgIpc) is 3.90. The van der Waals surface area contributed by atoms with E-state index < -0.39 is 0 Å². The van der Waals surface area contributed by atoms with Gasteiger partial charge in [0.2, 0.25) is 0 Å². The summed E-state index contributed by atoms with van der Waals surface area (Å²) in [6.07, 6.45) is 10.3. The second kappa shape index (κ2) is 12.2. The van der Waals surface area contributed by atoms with E-state index in [2.05, 4.69) is 34.1 Å². The maximum absolute atomic E-state index is 10.00. The summed E-state index contributed by atoms with van der Waals surface area (Å²) in [7, 11) is 1.77. The van der Waals surface area contributed by atoms with Crippen molar-refractivity contribution in [3.63, 3.8) is 0 Å². The van der Waals surface area contributed by atoms with Crippen molar-refractivity contribution in [3.8, 4) is 11.5 Å². The maximum Gasteiger partial charge on any atom is 0.122 e. The van der Waals surface area contributed by atoms with Gasteiger partial charge >= 0.3 is 0 Å². The van der Waals surface area contributed by atoms with Crippen LogP contribution in [0.5, 0.6) is 11.5 Å². The second-order valence-corrected chi connectivity index (χ2v) is 12.7. The van der Waals surface area contributed by atoms with Crippen LogP contribution in [0, 0.1) is 11.8 Å². The molecule has 0 radical (unpaired) electrons. The summed E-state index contributed by atoms with van der Waals surface area (Å²) in [6, 6.07) is 13.5. The number of morpholine rings is 2. The number of rotatable bonds is 5. The predicted molar refractivity (Wildman–Crippen MR) is 159 cm³/mol. The molecule has 0 spiro atoms. The molecule has 6 aliphatic rings. The molecule has 4 aliphatic carbocycles. The van der Waals surface area contributed by atoms with Gasteiger partial charge in [-0.1, -0.05) is 24.3 Å². The molecule has 2 saturated heterocycles. The summed E-state index contributed by atoms with van der Waals surface area (Å²) in [6.45, 7) is 6.44. The van der Waals surface area contributed by atoms with Crippen LogP contribution in [0.3, 0.4) is 0 Å². The lowest BCUT2D eigenvalue weighted by atomic mass is 9.84. The third-order valence-corrected chi connectivity index (χ3v) is 9.96. The van der Waals surface area contributed by atoms with Crippen LogP contribution in [0.2, 0.25) is 0 Å². The minimum Gasteiger partial charge on any atom is -0.508 e. The van der Waals surface area contributed by atoms with Crippen LogP contribution in [0.15, 0.2) is 36.4 Å². The van der Waals surface area contributed by atoms with Crippen molar-refractivity contribution in [1.82, 2.24) is 9.80 Å². The van der Waals surface area contributed by atoms with Gasteiger partial charge in [-0.15, -0.1) is 12.4 Å². The molecule has 7 heteroatoms. The highest BCUT2D eigenvalue weighted by molar-refractivity contribution is 5.85. The molecule has 8 rings (SSSR count). The lowest BCUT2D eigenvalue weighted by molar-refractivity contribution is -0.0756. The van der Waals surface area contributed by atoms with Gasteiger partial charge in [0.05, 0.1) is 32.5 Å². The van der Waals surface area contributed by atoms with E-state index in [9.17, 15) is 5.11 Å². The molecule has 2 aliphatic heterocycles. The van der Waals surface area contributed by atoms with Gasteiger partial charge in [0.1, 0.15) is 11.5 Å². The van der Waals surface area contributed by atoms with Gasteiger partial charge in [-0.05, 0) is 84.7 Å². The fraction of sp³-hybridized carbons (Fsp3) is 0.636. The van der Waals surface area contributed by atoms with Crippen LogP contribution in [0.1, 0.15) is 47.9 Å². The van der Waals surface area contributed by atoms with Crippen LogP contribution in [-0.2, 0) is 35.2 Å². The highest BCUT2D eigenvalue weighted by atomic mass is 35.5. The number of hydrogen-bond donors (Lipinski definition) is 1. The number of ether oxygens (including phenoxy) is 3. The highest BCUT2D eigenvalue weighted by Gasteiger charge is 2.40. The van der Waals surface area contributed by atoms with Crippen molar-refractivity contribution in [1.29, 1.82) is 0 Å². The molecule has 0 aromatic heterocycles. The SMILES string of the molecule is COc1cccc2c1C[C@@H]1OCCN(CC3CC3)[C@H]1C2.Cl.Oc1cccc2c1C[C@@H]1OCCN(CC3CC3)[C@H]1C2. The number of halogens is 1. The molecule has 218 valence electrons. The van der Waals surface area contributed by atoms with Crippen LogP contribution in [0.4, 0.5) is 0 Å². The lowest BCUT2D eigenvalue weighted by Gasteiger charge is -2.44. The largest absolute Gasteiger partial charge is 0.508 e. The van der Waals surface area contributed by atoms with Crippen molar-refractivity contribution in [2.75, 3.05) is 46.5 Å². The molecule has 0 amide bonds. The fourth-order valence-electron chi connectivity index (χ4n) is 7.42. The molecular weight excluding hydrogens is 524 g/mol. The summed E-state index contributed by atoms with van der Waals surface area (Å²) in [4.78, 5) is 5.33. The van der Waals surface area contributed by atoms with Gasteiger partial charge < -0.3 is 19.3 Å². The first-order chi connectivity index (χ1) is 19.2. The molecule has 4 fully saturated rings. The Morgan fingerprint density at radius 1 is 0.750 bits per heavy atom. The number of nitrogens with zero attached hydrogens (tertiary/aromatic N) is 2. The van der Waals surface area contributed by atoms with Crippen molar-refractivity contribution >= 4 is 12.4 Å². The zero-order valence-electron chi connectivity index (χ0n) is 23.8. The van der Waals surface area contributed by atoms with E-state index in [1.165, 1.54) is 55.5 Å². The first-order valence-electron chi connectivity index (χ1n) is 15.3. The van der Waals surface area contributed by atoms with Gasteiger partial charge in [-0.25, -0.2) is 0 Å². The molecule has 0 bridgehead atoms. The summed E-state index contributed by atoms with van der Waals surface area (Å²) < 4.78 is 17.6. The van der Waals surface area contributed by atoms with Gasteiger partial charge in [0.15, 0.2) is 0 Å². The monoisotopic (exact) mass is 568 g/mol. The number of fused-ring (bicyclic) bond motifs is 4. The molecule has 1 N–H and O–H groups in total. The highest BCUT2D eigenvalue weighted by Crippen LogP contribution is 2.38. The third kappa shape index (κ3) is 6.03. The van der Waals surface area contributed by atoms with E-state index in [0.29, 0.717) is 23.9 Å². The predicted octanol–water partition coefficient (Wildman–Crippen LogP) is 4.67. The quantitative estimate of drug-likeness (QED) is 0.566. The van der Waals surface area contributed by atoms with E-state index in [1.54, 1.807) is 13.2 Å². The Balaban J connectivity index is 0.000000141. The smallest absolute Gasteiger partial charge is 0.122 e. The number of benzene rings is 2. The number of hydrogen-bond acceptors (Lipinski definition) is 6. The lowest BCUT2D eigenvalue weighted by Crippen LogP contribution is -2.55. The first-order valence-corrected chi connectivity index (χ1v) is 15.3. The van der Waals surface area contributed by atoms with Crippen molar-refractivity contribution in [3.05, 3.63) is 58.7 Å². The molecule has 2 heterocycles. The van der Waals surface area contributed by atoms with Crippen molar-refractivity contribution in [2.45, 2.75) is 75.7 Å². The summed E-state index contributed by atoms with van der Waals surface area (Å²) in [5.74, 6) is 3.37. The first kappa shape index (κ1) is 28.3. The fourth-order valence-corrected chi connectivity index (χ4v) is 7.42. The second-order valence-electron chi connectivity index (χ2n) is 12.7. The molecule has 2 aromatic carbocycles. The molecular formula is C33H45ClN2O4. The molecule has 40 heavy (non-hydrogen) atoms. The Kier molecular flexibility index (Phi) is 8.62. The van der Waals surface area contributed by atoms with E-state index in [0.717, 1.165) is 75.1 Å². The molecule has 2 aromatic rings. The maximum atomic E-state index is 10.00.